The molecule has 0 saturated carbocycles. The van der Waals surface area contributed by atoms with Crippen molar-refractivity contribution < 1.29 is 14.7 Å². The number of hydrogen-bond donors (Lipinski definition) is 2. The van der Waals surface area contributed by atoms with Crippen LogP contribution >= 0.6 is 0 Å². The molecule has 0 radical (unpaired) electrons. The zero-order valence-electron chi connectivity index (χ0n) is 11.9. The molecule has 0 aliphatic rings. The number of carbonyl (C=O) groups is 2. The van der Waals surface area contributed by atoms with E-state index in [1.807, 2.05) is 6.92 Å². The summed E-state index contributed by atoms with van der Waals surface area (Å²) in [4.78, 5) is 22.4. The summed E-state index contributed by atoms with van der Waals surface area (Å²) in [5.41, 5.74) is 0. The van der Waals surface area contributed by atoms with Crippen LogP contribution in [-0.2, 0) is 9.59 Å². The van der Waals surface area contributed by atoms with Crippen molar-refractivity contribution in [3.05, 3.63) is 0 Å². The summed E-state index contributed by atoms with van der Waals surface area (Å²) >= 11 is 0. The third-order valence-electron chi connectivity index (χ3n) is 3.30. The van der Waals surface area contributed by atoms with Gasteiger partial charge in [0.15, 0.2) is 0 Å². The maximum absolute atomic E-state index is 11.8. The van der Waals surface area contributed by atoms with Crippen LogP contribution in [0.3, 0.4) is 0 Å². The molecule has 4 nitrogen and oxygen atoms in total. The minimum Gasteiger partial charge on any atom is -0.481 e. The third kappa shape index (κ3) is 7.30. The highest BCUT2D eigenvalue weighted by Gasteiger charge is 2.15. The lowest BCUT2D eigenvalue weighted by molar-refractivity contribution is -0.141. The summed E-state index contributed by atoms with van der Waals surface area (Å²) in [6.45, 7) is 6.43. The Morgan fingerprint density at radius 3 is 2.33 bits per heavy atom. The lowest BCUT2D eigenvalue weighted by atomic mass is 9.98. The van der Waals surface area contributed by atoms with Crippen molar-refractivity contribution in [2.24, 2.45) is 11.8 Å². The molecule has 0 rings (SSSR count). The van der Waals surface area contributed by atoms with E-state index in [0.29, 0.717) is 13.0 Å². The van der Waals surface area contributed by atoms with Gasteiger partial charge in [-0.1, -0.05) is 33.6 Å². The van der Waals surface area contributed by atoms with Crippen molar-refractivity contribution in [3.63, 3.8) is 0 Å². The molecule has 0 saturated heterocycles. The second-order valence-electron chi connectivity index (χ2n) is 4.92. The predicted molar refractivity (Wildman–Crippen MR) is 72.3 cm³/mol. The predicted octanol–water partition coefficient (Wildman–Crippen LogP) is 2.82. The topological polar surface area (TPSA) is 66.4 Å². The second-order valence-corrected chi connectivity index (χ2v) is 4.92. The molecule has 4 heteroatoms. The third-order valence-corrected chi connectivity index (χ3v) is 3.30. The van der Waals surface area contributed by atoms with Gasteiger partial charge in [0, 0.05) is 12.5 Å². The molecule has 0 fully saturated rings. The van der Waals surface area contributed by atoms with Crippen LogP contribution in [0.5, 0.6) is 0 Å². The highest BCUT2D eigenvalue weighted by Crippen LogP contribution is 2.12. The van der Waals surface area contributed by atoms with Gasteiger partial charge in [-0.3, -0.25) is 9.59 Å². The first-order valence-electron chi connectivity index (χ1n) is 7.03. The highest BCUT2D eigenvalue weighted by molar-refractivity contribution is 5.78. The molecular weight excluding hydrogens is 230 g/mol. The van der Waals surface area contributed by atoms with Gasteiger partial charge in [-0.2, -0.15) is 0 Å². The van der Waals surface area contributed by atoms with E-state index < -0.39 is 5.97 Å². The molecule has 0 aliphatic carbocycles. The number of carboxylic acid groups (broad SMARTS) is 1. The van der Waals surface area contributed by atoms with Gasteiger partial charge in [0.05, 0.1) is 5.92 Å². The zero-order valence-corrected chi connectivity index (χ0v) is 11.9. The first-order valence-corrected chi connectivity index (χ1v) is 7.03. The van der Waals surface area contributed by atoms with Crippen molar-refractivity contribution in [3.8, 4) is 0 Å². The molecule has 0 aromatic carbocycles. The summed E-state index contributed by atoms with van der Waals surface area (Å²) in [5, 5.41) is 11.6. The van der Waals surface area contributed by atoms with E-state index in [9.17, 15) is 9.59 Å². The van der Waals surface area contributed by atoms with Gasteiger partial charge in [0.1, 0.15) is 0 Å². The maximum atomic E-state index is 11.8. The molecule has 0 heterocycles. The van der Waals surface area contributed by atoms with Crippen LogP contribution < -0.4 is 5.32 Å². The van der Waals surface area contributed by atoms with Crippen LogP contribution in [0.15, 0.2) is 0 Å². The Balaban J connectivity index is 3.77. The molecule has 2 N–H and O–H groups in total. The van der Waals surface area contributed by atoms with E-state index in [2.05, 4.69) is 12.2 Å². The molecule has 0 aromatic rings. The fraction of sp³-hybridized carbons (Fsp3) is 0.857. The fourth-order valence-corrected chi connectivity index (χ4v) is 1.86. The molecule has 0 aromatic heterocycles. The van der Waals surface area contributed by atoms with Gasteiger partial charge < -0.3 is 10.4 Å². The van der Waals surface area contributed by atoms with Crippen LogP contribution in [0.4, 0.5) is 0 Å². The molecule has 1 amide bonds. The van der Waals surface area contributed by atoms with Crippen LogP contribution in [0.2, 0.25) is 0 Å². The lowest BCUT2D eigenvalue weighted by Gasteiger charge is -2.14. The lowest BCUT2D eigenvalue weighted by Crippen LogP contribution is -2.31. The van der Waals surface area contributed by atoms with Crippen LogP contribution in [0.25, 0.3) is 0 Å². The molecule has 18 heavy (non-hydrogen) atoms. The zero-order chi connectivity index (χ0) is 14.0. The smallest absolute Gasteiger partial charge is 0.306 e. The van der Waals surface area contributed by atoms with Gasteiger partial charge in [0.25, 0.3) is 0 Å². The Labute approximate surface area is 110 Å². The Bertz CT molecular complexity index is 253. The molecule has 106 valence electrons. The van der Waals surface area contributed by atoms with Gasteiger partial charge in [-0.15, -0.1) is 0 Å². The van der Waals surface area contributed by atoms with Gasteiger partial charge in [-0.05, 0) is 25.7 Å². The van der Waals surface area contributed by atoms with Crippen LogP contribution in [0, 0.1) is 11.8 Å². The molecule has 2 unspecified atom stereocenters. The highest BCUT2D eigenvalue weighted by atomic mass is 16.4. The maximum Gasteiger partial charge on any atom is 0.306 e. The summed E-state index contributed by atoms with van der Waals surface area (Å²) in [5.74, 6) is -0.865. The largest absolute Gasteiger partial charge is 0.481 e. The van der Waals surface area contributed by atoms with E-state index in [0.717, 1.165) is 32.1 Å². The van der Waals surface area contributed by atoms with E-state index in [-0.39, 0.29) is 17.7 Å². The van der Waals surface area contributed by atoms with E-state index in [1.54, 1.807) is 6.92 Å². The van der Waals surface area contributed by atoms with Crippen molar-refractivity contribution in [2.75, 3.05) is 6.54 Å². The average Bonchev–Trinajstić information content (AvgIpc) is 2.35. The Hall–Kier alpha value is -1.06. The number of amides is 1. The fourth-order valence-electron chi connectivity index (χ4n) is 1.86. The first-order chi connectivity index (χ1) is 8.52. The Morgan fingerprint density at radius 2 is 1.83 bits per heavy atom. The monoisotopic (exact) mass is 257 g/mol. The average molecular weight is 257 g/mol. The van der Waals surface area contributed by atoms with E-state index in [4.69, 9.17) is 5.11 Å². The number of rotatable bonds is 10. The van der Waals surface area contributed by atoms with Crippen molar-refractivity contribution >= 4 is 11.9 Å². The summed E-state index contributed by atoms with van der Waals surface area (Å²) in [6, 6.07) is 0. The Morgan fingerprint density at radius 1 is 1.17 bits per heavy atom. The summed E-state index contributed by atoms with van der Waals surface area (Å²) in [7, 11) is 0. The first kappa shape index (κ1) is 16.9. The Kier molecular flexibility index (Phi) is 9.33. The minimum atomic E-state index is -0.768. The molecule has 0 spiro atoms. The van der Waals surface area contributed by atoms with Gasteiger partial charge >= 0.3 is 5.97 Å². The van der Waals surface area contributed by atoms with E-state index >= 15 is 0 Å². The number of nitrogens with one attached hydrogen (secondary N) is 1. The minimum absolute atomic E-state index is 0.113. The normalized spacial score (nSPS) is 13.9. The van der Waals surface area contributed by atoms with Crippen molar-refractivity contribution in [1.82, 2.24) is 5.32 Å². The quantitative estimate of drug-likeness (QED) is 0.591. The molecular formula is C14H27NO3. The number of hydrogen-bond acceptors (Lipinski definition) is 2. The standard InChI is InChI=1S/C14H27NO3/c1-4-6-9-12(5-2)13(16)15-10-7-8-11(3)14(17)18/h11-12H,4-10H2,1-3H3,(H,15,16)(H,17,18). The summed E-state index contributed by atoms with van der Waals surface area (Å²) < 4.78 is 0. The van der Waals surface area contributed by atoms with Crippen LogP contribution in [0.1, 0.15) is 59.3 Å². The SMILES string of the molecule is CCCCC(CC)C(=O)NCCCC(C)C(=O)O. The van der Waals surface area contributed by atoms with E-state index in [1.165, 1.54) is 0 Å². The number of carbonyl (C=O) groups excluding carboxylic acids is 1. The van der Waals surface area contributed by atoms with Crippen molar-refractivity contribution in [2.45, 2.75) is 59.3 Å². The number of aliphatic carboxylic acids is 1. The summed E-state index contributed by atoms with van der Waals surface area (Å²) in [6.07, 6.45) is 5.36. The molecule has 0 bridgehead atoms. The number of carboxylic acids is 1. The molecule has 2 atom stereocenters. The number of unbranched alkanes of at least 4 members (excludes halogenated alkanes) is 1. The van der Waals surface area contributed by atoms with Crippen molar-refractivity contribution in [1.29, 1.82) is 0 Å². The molecule has 0 aliphatic heterocycles. The van der Waals surface area contributed by atoms with Crippen LogP contribution in [-0.4, -0.2) is 23.5 Å². The second kappa shape index (κ2) is 9.92. The van der Waals surface area contributed by atoms with Gasteiger partial charge in [-0.25, -0.2) is 0 Å². The van der Waals surface area contributed by atoms with Gasteiger partial charge in [0.2, 0.25) is 5.91 Å².